The normalized spacial score (nSPS) is 24.5. The summed E-state index contributed by atoms with van der Waals surface area (Å²) >= 11 is 0. The highest BCUT2D eigenvalue weighted by atomic mass is 16.7. The van der Waals surface area contributed by atoms with Crippen LogP contribution in [0.2, 0.25) is 0 Å². The monoisotopic (exact) mass is 622 g/mol. The Morgan fingerprint density at radius 1 is 1.20 bits per heavy atom. The zero-order chi connectivity index (χ0) is 33.0. The summed E-state index contributed by atoms with van der Waals surface area (Å²) in [6, 6.07) is 5.39. The topological polar surface area (TPSA) is 75.6 Å². The van der Waals surface area contributed by atoms with Crippen LogP contribution in [0, 0.1) is 5.92 Å². The third-order valence-corrected chi connectivity index (χ3v) is 8.81. The lowest BCUT2D eigenvalue weighted by Gasteiger charge is -2.48. The van der Waals surface area contributed by atoms with Crippen LogP contribution in [0.3, 0.4) is 0 Å². The minimum Gasteiger partial charge on any atom is -0.493 e. The number of methoxy groups -OCH3 is 1. The number of rotatable bonds is 11. The fraction of sp³-hybridized carbons (Fsp3) is 0.622. The summed E-state index contributed by atoms with van der Waals surface area (Å²) in [6.45, 7) is 20.3. The number of nitrogens with one attached hydrogen (secondary N) is 1. The van der Waals surface area contributed by atoms with Crippen molar-refractivity contribution in [3.63, 3.8) is 0 Å². The van der Waals surface area contributed by atoms with Crippen molar-refractivity contribution in [3.05, 3.63) is 55.2 Å². The number of hydrogen-bond donors (Lipinski definition) is 1. The van der Waals surface area contributed by atoms with E-state index < -0.39 is 5.79 Å². The van der Waals surface area contributed by atoms with E-state index in [4.69, 9.17) is 14.2 Å². The number of fused-ring (bicyclic) bond motifs is 3. The molecule has 8 nitrogen and oxygen atoms in total. The van der Waals surface area contributed by atoms with Crippen molar-refractivity contribution in [1.29, 1.82) is 0 Å². The van der Waals surface area contributed by atoms with Gasteiger partial charge in [0, 0.05) is 63.4 Å². The van der Waals surface area contributed by atoms with E-state index in [1.165, 1.54) is 25.7 Å². The third-order valence-electron chi connectivity index (χ3n) is 8.81. The molecule has 4 aliphatic heterocycles. The molecule has 1 aromatic carbocycles. The maximum absolute atomic E-state index is 13.9. The van der Waals surface area contributed by atoms with Gasteiger partial charge in [0.1, 0.15) is 0 Å². The fourth-order valence-corrected chi connectivity index (χ4v) is 6.50. The van der Waals surface area contributed by atoms with Gasteiger partial charge < -0.3 is 24.4 Å². The molecule has 2 bridgehead atoms. The highest BCUT2D eigenvalue weighted by molar-refractivity contribution is 5.98. The molecule has 3 saturated heterocycles. The maximum Gasteiger partial charge on any atom is 0.254 e. The highest BCUT2D eigenvalue weighted by Crippen LogP contribution is 2.47. The van der Waals surface area contributed by atoms with Crippen LogP contribution in [-0.2, 0) is 0 Å². The Morgan fingerprint density at radius 3 is 2.44 bits per heavy atom. The van der Waals surface area contributed by atoms with Gasteiger partial charge in [0.25, 0.3) is 5.91 Å². The first-order chi connectivity index (χ1) is 21.6. The van der Waals surface area contributed by atoms with Crippen LogP contribution in [-0.4, -0.2) is 85.7 Å². The summed E-state index contributed by atoms with van der Waals surface area (Å²) in [7, 11) is 3.37. The molecule has 1 aromatic rings. The molecule has 250 valence electrons. The molecule has 6 rings (SSSR count). The molecule has 1 amide bonds. The minimum atomic E-state index is -0.790. The van der Waals surface area contributed by atoms with Crippen LogP contribution in [0.15, 0.2) is 54.6 Å². The summed E-state index contributed by atoms with van der Waals surface area (Å²) in [5.74, 6) is 1.56. The Balaban J connectivity index is 0.000000482. The quantitative estimate of drug-likeness (QED) is 0.210. The second-order valence-electron chi connectivity index (χ2n) is 13.0. The van der Waals surface area contributed by atoms with Gasteiger partial charge in [-0.25, -0.2) is 0 Å². The number of nitrogens with zero attached hydrogens (tertiary/aromatic N) is 3. The number of amides is 1. The highest BCUT2D eigenvalue weighted by Gasteiger charge is 2.40. The van der Waals surface area contributed by atoms with Crippen molar-refractivity contribution in [2.75, 3.05) is 40.3 Å². The molecule has 0 aromatic heterocycles. The molecular formula is C37H58N4O4. The van der Waals surface area contributed by atoms with E-state index in [1.54, 1.807) is 26.3 Å². The van der Waals surface area contributed by atoms with Gasteiger partial charge in [0.2, 0.25) is 11.5 Å². The Hall–Kier alpha value is -3.10. The molecule has 0 spiro atoms. The molecule has 2 unspecified atom stereocenters. The maximum atomic E-state index is 13.9. The second kappa shape index (κ2) is 17.6. The summed E-state index contributed by atoms with van der Waals surface area (Å²) in [4.78, 5) is 22.8. The average molecular weight is 623 g/mol. The van der Waals surface area contributed by atoms with E-state index in [0.717, 1.165) is 56.1 Å². The lowest BCUT2D eigenvalue weighted by molar-refractivity contribution is -0.0439. The smallest absolute Gasteiger partial charge is 0.254 e. The number of ether oxygens (including phenoxy) is 3. The second-order valence-corrected chi connectivity index (χ2v) is 13.0. The zero-order valence-corrected chi connectivity index (χ0v) is 28.9. The number of carbonyl (C=O) groups excluding carboxylic acids is 1. The first-order valence-electron chi connectivity index (χ1n) is 16.7. The summed E-state index contributed by atoms with van der Waals surface area (Å²) in [6.07, 6.45) is 16.2. The van der Waals surface area contributed by atoms with Gasteiger partial charge >= 0.3 is 0 Å². The van der Waals surface area contributed by atoms with Gasteiger partial charge in [-0.1, -0.05) is 31.2 Å². The number of hydrogen-bond acceptors (Lipinski definition) is 7. The van der Waals surface area contributed by atoms with E-state index in [9.17, 15) is 4.79 Å². The molecular weight excluding hydrogens is 564 g/mol. The molecule has 1 saturated carbocycles. The molecule has 8 heteroatoms. The van der Waals surface area contributed by atoms with Gasteiger partial charge in [-0.05, 0) is 83.4 Å². The summed E-state index contributed by atoms with van der Waals surface area (Å²) < 4.78 is 17.4. The van der Waals surface area contributed by atoms with Gasteiger partial charge in [0.15, 0.2) is 11.5 Å². The third kappa shape index (κ3) is 10.5. The number of likely N-dealkylation sites (tertiary alicyclic amines) is 1. The molecule has 1 N–H and O–H groups in total. The van der Waals surface area contributed by atoms with Crippen LogP contribution in [0.4, 0.5) is 0 Å². The predicted molar refractivity (Wildman–Crippen MR) is 186 cm³/mol. The van der Waals surface area contributed by atoms with E-state index in [0.29, 0.717) is 41.9 Å². The Labute approximate surface area is 272 Å². The molecule has 45 heavy (non-hydrogen) atoms. The van der Waals surface area contributed by atoms with E-state index in [2.05, 4.69) is 41.4 Å². The number of aliphatic imine (C=N–C) groups is 1. The number of carbonyl (C=O) groups is 1. The number of benzene rings is 1. The lowest BCUT2D eigenvalue weighted by Crippen LogP contribution is -2.59. The number of piperidine rings is 1. The van der Waals surface area contributed by atoms with E-state index >= 15 is 0 Å². The fourth-order valence-electron chi connectivity index (χ4n) is 6.50. The van der Waals surface area contributed by atoms with Gasteiger partial charge in [-0.2, -0.15) is 0 Å². The van der Waals surface area contributed by atoms with Crippen molar-refractivity contribution in [3.8, 4) is 17.2 Å². The predicted octanol–water partition coefficient (Wildman–Crippen LogP) is 7.06. The lowest BCUT2D eigenvalue weighted by atomic mass is 9.75. The first-order valence-corrected chi connectivity index (χ1v) is 16.7. The van der Waals surface area contributed by atoms with Crippen molar-refractivity contribution in [2.24, 2.45) is 10.9 Å². The molecule has 1 aliphatic carbocycles. The van der Waals surface area contributed by atoms with Crippen LogP contribution in [0.1, 0.15) is 89.9 Å². The van der Waals surface area contributed by atoms with E-state index in [1.807, 2.05) is 50.8 Å². The molecule has 0 radical (unpaired) electrons. The largest absolute Gasteiger partial charge is 0.493 e. The van der Waals surface area contributed by atoms with Crippen molar-refractivity contribution < 1.29 is 19.0 Å². The minimum absolute atomic E-state index is 0.0302. The van der Waals surface area contributed by atoms with Crippen molar-refractivity contribution >= 4 is 11.6 Å². The van der Waals surface area contributed by atoms with E-state index in [-0.39, 0.29) is 5.91 Å². The first kappa shape index (κ1) is 36.4. The molecule has 4 fully saturated rings. The summed E-state index contributed by atoms with van der Waals surface area (Å²) in [5.41, 5.74) is 1.49. The molecule has 3 atom stereocenters. The van der Waals surface area contributed by atoms with Gasteiger partial charge in [-0.3, -0.25) is 14.7 Å². The Kier molecular flexibility index (Phi) is 14.2. The van der Waals surface area contributed by atoms with Crippen molar-refractivity contribution in [1.82, 2.24) is 15.1 Å². The van der Waals surface area contributed by atoms with Crippen LogP contribution in [0.25, 0.3) is 0 Å². The van der Waals surface area contributed by atoms with Crippen LogP contribution in [0.5, 0.6) is 17.2 Å². The summed E-state index contributed by atoms with van der Waals surface area (Å²) in [5, 5.41) is 3.66. The van der Waals surface area contributed by atoms with Crippen LogP contribution >= 0.6 is 0 Å². The zero-order valence-electron chi connectivity index (χ0n) is 28.9. The van der Waals surface area contributed by atoms with Gasteiger partial charge in [-0.15, -0.1) is 13.2 Å². The Bertz CT molecular complexity index is 1180. The standard InChI is InChI=1S/C27H40N4O4.C6H10.C4H8/c1-17(28-4)14-31(16-22-7-6-8-30(22)15-18-9-20-13-21(10-18)29-20)26(32)19-11-23(33-5)25-24(12-19)34-27(2,3)35-25;1-3-5-6-4-2;1-3-4-2/h11-12,18,20-22,29H,6-10,13-16H2,1-5H3;3-4,6H,1,5H2,2H3;3H,1,4H2,2H3/b;6-4-;/t18?,20?,21?,22-;;/m0../s1. The molecule has 4 heterocycles. The number of allylic oxidation sites excluding steroid dienone is 4. The van der Waals surface area contributed by atoms with Crippen LogP contribution < -0.4 is 19.5 Å². The van der Waals surface area contributed by atoms with Crippen molar-refractivity contribution in [2.45, 2.75) is 103 Å². The van der Waals surface area contributed by atoms with Gasteiger partial charge in [0.05, 0.1) is 13.7 Å². The molecule has 5 aliphatic rings. The average Bonchev–Trinajstić information content (AvgIpc) is 3.59. The Morgan fingerprint density at radius 2 is 1.89 bits per heavy atom. The SMILES string of the molecule is C=CC/C=C\C.C=CCC.CN=C(C)CN(C[C@@H]1CCCN1CC1CC2CC(C1)N2)C(=O)c1cc(OC)c2c(c1)OC(C)(C)O2.